The third kappa shape index (κ3) is 3.46. The Morgan fingerprint density at radius 1 is 1.24 bits per heavy atom. The van der Waals surface area contributed by atoms with Crippen LogP contribution >= 0.6 is 0 Å². The first-order valence-electron chi connectivity index (χ1n) is 6.98. The van der Waals surface area contributed by atoms with Gasteiger partial charge in [0.1, 0.15) is 17.5 Å². The summed E-state index contributed by atoms with van der Waals surface area (Å²) in [4.78, 5) is 15.3. The molecule has 0 atom stereocenters. The van der Waals surface area contributed by atoms with Gasteiger partial charge in [-0.25, -0.2) is 15.8 Å². The maximum atomic E-state index is 5.57. The zero-order valence-corrected chi connectivity index (χ0v) is 13.0. The minimum atomic E-state index is 0.241. The highest BCUT2D eigenvalue weighted by Gasteiger charge is 2.15. The highest BCUT2D eigenvalue weighted by Crippen LogP contribution is 2.25. The van der Waals surface area contributed by atoms with Crippen LogP contribution in [0.1, 0.15) is 36.7 Å². The van der Waals surface area contributed by atoms with Gasteiger partial charge >= 0.3 is 0 Å². The average Bonchev–Trinajstić information content (AvgIpc) is 2.48. The van der Waals surface area contributed by atoms with E-state index in [0.717, 1.165) is 23.8 Å². The van der Waals surface area contributed by atoms with Crippen LogP contribution in [-0.4, -0.2) is 22.0 Å². The molecule has 6 heteroatoms. The van der Waals surface area contributed by atoms with Crippen LogP contribution in [0.15, 0.2) is 24.5 Å². The largest absolute Gasteiger partial charge is 0.355 e. The molecule has 0 aliphatic carbocycles. The van der Waals surface area contributed by atoms with Crippen molar-refractivity contribution in [2.45, 2.75) is 33.2 Å². The molecule has 0 spiro atoms. The smallest absolute Gasteiger partial charge is 0.148 e. The third-order valence-corrected chi connectivity index (χ3v) is 3.32. The van der Waals surface area contributed by atoms with E-state index in [2.05, 4.69) is 39.1 Å². The third-order valence-electron chi connectivity index (χ3n) is 3.32. The number of nitrogens with two attached hydrogens (primary N) is 1. The number of anilines is 2. The van der Waals surface area contributed by atoms with Crippen molar-refractivity contribution in [2.24, 2.45) is 5.84 Å². The molecule has 3 N–H and O–H groups in total. The van der Waals surface area contributed by atoms with Crippen LogP contribution in [0, 0.1) is 6.92 Å². The second-order valence-corrected chi connectivity index (χ2v) is 5.39. The van der Waals surface area contributed by atoms with Gasteiger partial charge < -0.3 is 10.3 Å². The summed E-state index contributed by atoms with van der Waals surface area (Å²) in [6.07, 6.45) is 3.59. The molecular weight excluding hydrogens is 264 g/mol. The molecule has 2 aromatic rings. The standard InChI is InChI=1S/C15H22N6/c1-10(2)13-18-14(20-16)11(3)15(19-13)21(4)9-12-5-7-17-8-6-12/h5-8,10H,9,16H2,1-4H3,(H,18,19,20). The van der Waals surface area contributed by atoms with E-state index in [-0.39, 0.29) is 5.92 Å². The predicted octanol–water partition coefficient (Wildman–Crippen LogP) is 2.23. The molecule has 0 saturated heterocycles. The van der Waals surface area contributed by atoms with Crippen LogP contribution in [0.5, 0.6) is 0 Å². The fraction of sp³-hybridized carbons (Fsp3) is 0.400. The lowest BCUT2D eigenvalue weighted by Crippen LogP contribution is -2.22. The lowest BCUT2D eigenvalue weighted by Gasteiger charge is -2.22. The van der Waals surface area contributed by atoms with Crippen molar-refractivity contribution in [2.75, 3.05) is 17.4 Å². The SMILES string of the molecule is Cc1c(NN)nc(C(C)C)nc1N(C)Cc1ccncc1. The lowest BCUT2D eigenvalue weighted by molar-refractivity contribution is 0.759. The lowest BCUT2D eigenvalue weighted by atomic mass is 10.2. The van der Waals surface area contributed by atoms with Crippen molar-refractivity contribution in [3.05, 3.63) is 41.5 Å². The van der Waals surface area contributed by atoms with Crippen molar-refractivity contribution in [3.63, 3.8) is 0 Å². The van der Waals surface area contributed by atoms with Crippen LogP contribution in [0.2, 0.25) is 0 Å². The van der Waals surface area contributed by atoms with Crippen molar-refractivity contribution >= 4 is 11.6 Å². The maximum absolute atomic E-state index is 5.57. The van der Waals surface area contributed by atoms with Gasteiger partial charge in [-0.1, -0.05) is 13.8 Å². The molecule has 0 unspecified atom stereocenters. The molecule has 0 aliphatic rings. The molecule has 0 aromatic carbocycles. The predicted molar refractivity (Wildman–Crippen MR) is 85.0 cm³/mol. The molecule has 21 heavy (non-hydrogen) atoms. The van der Waals surface area contributed by atoms with Crippen molar-refractivity contribution in [1.82, 2.24) is 15.0 Å². The molecule has 0 amide bonds. The number of rotatable bonds is 5. The van der Waals surface area contributed by atoms with Gasteiger partial charge in [0.25, 0.3) is 0 Å². The van der Waals surface area contributed by atoms with Crippen LogP contribution in [0.25, 0.3) is 0 Å². The molecule has 0 bridgehead atoms. The number of nitrogens with one attached hydrogen (secondary N) is 1. The Hall–Kier alpha value is -2.21. The number of nitrogen functional groups attached to an aromatic ring is 1. The Labute approximate surface area is 125 Å². The minimum Gasteiger partial charge on any atom is -0.355 e. The van der Waals surface area contributed by atoms with Gasteiger partial charge in [0.2, 0.25) is 0 Å². The first-order valence-corrected chi connectivity index (χ1v) is 6.98. The number of aromatic nitrogens is 3. The van der Waals surface area contributed by atoms with Crippen molar-refractivity contribution in [3.8, 4) is 0 Å². The summed E-state index contributed by atoms with van der Waals surface area (Å²) in [6, 6.07) is 4.00. The second-order valence-electron chi connectivity index (χ2n) is 5.39. The van der Waals surface area contributed by atoms with E-state index in [1.54, 1.807) is 12.4 Å². The quantitative estimate of drug-likeness (QED) is 0.648. The average molecular weight is 286 g/mol. The first-order chi connectivity index (χ1) is 10.0. The maximum Gasteiger partial charge on any atom is 0.148 e. The molecule has 0 aliphatic heterocycles. The summed E-state index contributed by atoms with van der Waals surface area (Å²) in [5.74, 6) is 8.16. The van der Waals surface area contributed by atoms with Crippen LogP contribution in [-0.2, 0) is 6.54 Å². The van der Waals surface area contributed by atoms with Gasteiger partial charge in [0.15, 0.2) is 0 Å². The first kappa shape index (κ1) is 15.2. The molecule has 2 aromatic heterocycles. The van der Waals surface area contributed by atoms with Crippen LogP contribution in [0.3, 0.4) is 0 Å². The molecule has 0 fully saturated rings. The monoisotopic (exact) mass is 286 g/mol. The van der Waals surface area contributed by atoms with Crippen LogP contribution < -0.4 is 16.2 Å². The molecule has 2 heterocycles. The summed E-state index contributed by atoms with van der Waals surface area (Å²) < 4.78 is 0. The van der Waals surface area contributed by atoms with E-state index in [1.165, 1.54) is 5.56 Å². The number of nitrogens with zero attached hydrogens (tertiary/aromatic N) is 4. The number of hydrogen-bond donors (Lipinski definition) is 2. The molecule has 112 valence electrons. The molecule has 2 rings (SSSR count). The highest BCUT2D eigenvalue weighted by atomic mass is 15.3. The molecule has 0 saturated carbocycles. The van der Waals surface area contributed by atoms with Gasteiger partial charge in [-0.3, -0.25) is 4.98 Å². The molecular formula is C15H22N6. The summed E-state index contributed by atoms with van der Waals surface area (Å²) in [6.45, 7) is 6.86. The van der Waals surface area contributed by atoms with Gasteiger partial charge in [-0.05, 0) is 24.6 Å². The summed E-state index contributed by atoms with van der Waals surface area (Å²) in [5, 5.41) is 0. The van der Waals surface area contributed by atoms with Crippen LogP contribution in [0.4, 0.5) is 11.6 Å². The number of hydrazine groups is 1. The number of hydrogen-bond acceptors (Lipinski definition) is 6. The van der Waals surface area contributed by atoms with Gasteiger partial charge in [-0.2, -0.15) is 0 Å². The fourth-order valence-corrected chi connectivity index (χ4v) is 2.13. The van der Waals surface area contributed by atoms with E-state index < -0.39 is 0 Å². The summed E-state index contributed by atoms with van der Waals surface area (Å²) >= 11 is 0. The van der Waals surface area contributed by atoms with Gasteiger partial charge in [-0.15, -0.1) is 0 Å². The Bertz CT molecular complexity index is 597. The minimum absolute atomic E-state index is 0.241. The van der Waals surface area contributed by atoms with E-state index in [0.29, 0.717) is 5.82 Å². The molecule has 0 radical (unpaired) electrons. The fourth-order valence-electron chi connectivity index (χ4n) is 2.13. The Morgan fingerprint density at radius 2 is 1.90 bits per heavy atom. The Morgan fingerprint density at radius 3 is 2.48 bits per heavy atom. The summed E-state index contributed by atoms with van der Waals surface area (Å²) in [5.41, 5.74) is 4.78. The van der Waals surface area contributed by atoms with Gasteiger partial charge in [0, 0.05) is 37.5 Å². The van der Waals surface area contributed by atoms with E-state index in [9.17, 15) is 0 Å². The Balaban J connectivity index is 2.35. The topological polar surface area (TPSA) is 80.0 Å². The zero-order valence-electron chi connectivity index (χ0n) is 13.0. The van der Waals surface area contributed by atoms with Crippen molar-refractivity contribution < 1.29 is 0 Å². The highest BCUT2D eigenvalue weighted by molar-refractivity contribution is 5.58. The molecule has 6 nitrogen and oxygen atoms in total. The Kier molecular flexibility index (Phi) is 4.70. The van der Waals surface area contributed by atoms with E-state index >= 15 is 0 Å². The second kappa shape index (κ2) is 6.49. The number of pyridine rings is 1. The van der Waals surface area contributed by atoms with Crippen molar-refractivity contribution in [1.29, 1.82) is 0 Å². The summed E-state index contributed by atoms with van der Waals surface area (Å²) in [7, 11) is 2.01. The van der Waals surface area contributed by atoms with E-state index in [4.69, 9.17) is 5.84 Å². The van der Waals surface area contributed by atoms with Gasteiger partial charge in [0.05, 0.1) is 0 Å². The van der Waals surface area contributed by atoms with E-state index in [1.807, 2.05) is 26.1 Å². The normalized spacial score (nSPS) is 10.8. The zero-order chi connectivity index (χ0) is 15.4.